The van der Waals surface area contributed by atoms with E-state index in [4.69, 9.17) is 4.74 Å². The number of benzene rings is 2. The maximum Gasteiger partial charge on any atom is 0.224 e. The molecule has 0 saturated carbocycles. The molecule has 27 heavy (non-hydrogen) atoms. The van der Waals surface area contributed by atoms with Gasteiger partial charge in [-0.2, -0.15) is 0 Å². The summed E-state index contributed by atoms with van der Waals surface area (Å²) >= 11 is 0. The number of rotatable bonds is 7. The van der Waals surface area contributed by atoms with Gasteiger partial charge in [-0.15, -0.1) is 0 Å². The molecular formula is C23H30N2O2. The third-order valence-corrected chi connectivity index (χ3v) is 5.16. The molecule has 4 heteroatoms. The Bertz CT molecular complexity index is 742. The van der Waals surface area contributed by atoms with Crippen molar-refractivity contribution in [2.75, 3.05) is 20.2 Å². The van der Waals surface area contributed by atoms with Crippen molar-refractivity contribution in [1.82, 2.24) is 10.2 Å². The average Bonchev–Trinajstić information content (AvgIpc) is 2.68. The Balaban J connectivity index is 1.45. The largest absolute Gasteiger partial charge is 0.497 e. The summed E-state index contributed by atoms with van der Waals surface area (Å²) in [7, 11) is 1.63. The summed E-state index contributed by atoms with van der Waals surface area (Å²) in [5, 5.41) is 3.00. The first-order chi connectivity index (χ1) is 13.1. The Morgan fingerprint density at radius 3 is 2.67 bits per heavy atom. The van der Waals surface area contributed by atoms with E-state index in [0.29, 0.717) is 13.0 Å². The number of amides is 1. The molecule has 0 bridgehead atoms. The highest BCUT2D eigenvalue weighted by Crippen LogP contribution is 2.18. The van der Waals surface area contributed by atoms with Crippen LogP contribution in [-0.2, 0) is 24.3 Å². The third kappa shape index (κ3) is 6.10. The summed E-state index contributed by atoms with van der Waals surface area (Å²) in [5.41, 5.74) is 3.43. The molecule has 1 saturated heterocycles. The predicted molar refractivity (Wildman–Crippen MR) is 109 cm³/mol. The first-order valence-corrected chi connectivity index (χ1v) is 9.82. The van der Waals surface area contributed by atoms with Crippen LogP contribution in [0, 0.1) is 5.92 Å². The number of likely N-dealkylation sites (tertiary alicyclic amines) is 1. The number of carbonyl (C=O) groups excluding carboxylic acids is 1. The molecule has 1 amide bonds. The molecular weight excluding hydrogens is 336 g/mol. The van der Waals surface area contributed by atoms with Gasteiger partial charge in [0.05, 0.1) is 13.5 Å². The van der Waals surface area contributed by atoms with Crippen LogP contribution in [0.3, 0.4) is 0 Å². The van der Waals surface area contributed by atoms with Gasteiger partial charge >= 0.3 is 0 Å². The molecule has 0 aliphatic carbocycles. The molecule has 2 aromatic carbocycles. The van der Waals surface area contributed by atoms with Gasteiger partial charge in [0.25, 0.3) is 0 Å². The molecule has 1 heterocycles. The van der Waals surface area contributed by atoms with E-state index in [9.17, 15) is 4.79 Å². The number of ether oxygens (including phenoxy) is 1. The molecule has 0 radical (unpaired) electrons. The van der Waals surface area contributed by atoms with Gasteiger partial charge in [0.15, 0.2) is 0 Å². The fraction of sp³-hybridized carbons (Fsp3) is 0.435. The Labute approximate surface area is 162 Å². The zero-order valence-corrected chi connectivity index (χ0v) is 16.4. The zero-order chi connectivity index (χ0) is 19.1. The summed E-state index contributed by atoms with van der Waals surface area (Å²) in [6.07, 6.45) is 3.02. The van der Waals surface area contributed by atoms with Crippen LogP contribution in [0.2, 0.25) is 0 Å². The number of piperidine rings is 1. The quantitative estimate of drug-likeness (QED) is 0.811. The van der Waals surface area contributed by atoms with Crippen LogP contribution < -0.4 is 10.1 Å². The molecule has 0 spiro atoms. The van der Waals surface area contributed by atoms with Crippen molar-refractivity contribution in [3.05, 3.63) is 65.2 Å². The van der Waals surface area contributed by atoms with Crippen molar-refractivity contribution in [1.29, 1.82) is 0 Å². The summed E-state index contributed by atoms with van der Waals surface area (Å²) in [6.45, 7) is 6.31. The van der Waals surface area contributed by atoms with Gasteiger partial charge in [-0.3, -0.25) is 9.69 Å². The number of methoxy groups -OCH3 is 1. The predicted octanol–water partition coefficient (Wildman–Crippen LogP) is 3.79. The Morgan fingerprint density at radius 2 is 1.93 bits per heavy atom. The molecule has 1 aliphatic heterocycles. The minimum absolute atomic E-state index is 0.0228. The lowest BCUT2D eigenvalue weighted by atomic mass is 9.99. The monoisotopic (exact) mass is 366 g/mol. The van der Waals surface area contributed by atoms with Crippen LogP contribution in [0.5, 0.6) is 5.75 Å². The fourth-order valence-electron chi connectivity index (χ4n) is 3.68. The summed E-state index contributed by atoms with van der Waals surface area (Å²) < 4.78 is 5.20. The third-order valence-electron chi connectivity index (χ3n) is 5.16. The Hall–Kier alpha value is -2.33. The smallest absolute Gasteiger partial charge is 0.224 e. The molecule has 1 fully saturated rings. The summed E-state index contributed by atoms with van der Waals surface area (Å²) in [5.74, 6) is 1.60. The second kappa shape index (κ2) is 9.56. The van der Waals surface area contributed by atoms with Gasteiger partial charge in [0, 0.05) is 19.6 Å². The van der Waals surface area contributed by atoms with Crippen LogP contribution in [-0.4, -0.2) is 31.0 Å². The van der Waals surface area contributed by atoms with Crippen LogP contribution in [0.4, 0.5) is 0 Å². The molecule has 4 nitrogen and oxygen atoms in total. The van der Waals surface area contributed by atoms with E-state index in [-0.39, 0.29) is 5.91 Å². The van der Waals surface area contributed by atoms with Crippen LogP contribution in [0.25, 0.3) is 0 Å². The lowest BCUT2D eigenvalue weighted by Gasteiger charge is -2.30. The summed E-state index contributed by atoms with van der Waals surface area (Å²) in [4.78, 5) is 14.7. The summed E-state index contributed by atoms with van der Waals surface area (Å²) in [6, 6.07) is 16.2. The van der Waals surface area contributed by atoms with Gasteiger partial charge in [-0.1, -0.05) is 43.3 Å². The van der Waals surface area contributed by atoms with Gasteiger partial charge in [0.1, 0.15) is 5.75 Å². The van der Waals surface area contributed by atoms with Crippen LogP contribution >= 0.6 is 0 Å². The maximum absolute atomic E-state index is 12.2. The first-order valence-electron chi connectivity index (χ1n) is 9.82. The zero-order valence-electron chi connectivity index (χ0n) is 16.4. The second-order valence-electron chi connectivity index (χ2n) is 7.60. The number of hydrogen-bond donors (Lipinski definition) is 1. The normalized spacial score (nSPS) is 17.5. The van der Waals surface area contributed by atoms with E-state index in [1.807, 2.05) is 24.3 Å². The topological polar surface area (TPSA) is 41.6 Å². The van der Waals surface area contributed by atoms with Crippen molar-refractivity contribution < 1.29 is 9.53 Å². The highest BCUT2D eigenvalue weighted by molar-refractivity contribution is 5.78. The molecule has 1 aliphatic rings. The molecule has 2 aromatic rings. The maximum atomic E-state index is 12.2. The van der Waals surface area contributed by atoms with Gasteiger partial charge < -0.3 is 10.1 Å². The number of hydrogen-bond acceptors (Lipinski definition) is 3. The van der Waals surface area contributed by atoms with E-state index in [0.717, 1.165) is 29.3 Å². The minimum atomic E-state index is 0.0228. The standard InChI is InChI=1S/C23H30N2O2/c1-18-5-4-12-25(16-18)17-20-10-8-19(9-11-20)15-24-23(26)14-21-6-3-7-22(13-21)27-2/h3,6-11,13,18H,4-5,12,14-17H2,1-2H3,(H,24,26)/t18-/m0/s1. The van der Waals surface area contributed by atoms with Crippen molar-refractivity contribution in [3.63, 3.8) is 0 Å². The fourth-order valence-corrected chi connectivity index (χ4v) is 3.68. The minimum Gasteiger partial charge on any atom is -0.497 e. The molecule has 144 valence electrons. The Kier molecular flexibility index (Phi) is 6.88. The SMILES string of the molecule is COc1cccc(CC(=O)NCc2ccc(CN3CCC[C@H](C)C3)cc2)c1. The second-order valence-corrected chi connectivity index (χ2v) is 7.60. The van der Waals surface area contributed by atoms with Gasteiger partial charge in [0.2, 0.25) is 5.91 Å². The van der Waals surface area contributed by atoms with E-state index >= 15 is 0 Å². The molecule has 0 unspecified atom stereocenters. The van der Waals surface area contributed by atoms with E-state index in [1.54, 1.807) is 7.11 Å². The number of nitrogens with one attached hydrogen (secondary N) is 1. The average molecular weight is 367 g/mol. The number of nitrogens with zero attached hydrogens (tertiary/aromatic N) is 1. The molecule has 3 rings (SSSR count). The van der Waals surface area contributed by atoms with E-state index in [1.165, 1.54) is 31.5 Å². The molecule has 0 aromatic heterocycles. The van der Waals surface area contributed by atoms with Crippen molar-refractivity contribution in [2.24, 2.45) is 5.92 Å². The highest BCUT2D eigenvalue weighted by atomic mass is 16.5. The van der Waals surface area contributed by atoms with Gasteiger partial charge in [-0.05, 0) is 54.1 Å². The lowest BCUT2D eigenvalue weighted by Crippen LogP contribution is -2.33. The van der Waals surface area contributed by atoms with Crippen molar-refractivity contribution >= 4 is 5.91 Å². The molecule has 1 atom stereocenters. The highest BCUT2D eigenvalue weighted by Gasteiger charge is 2.16. The van der Waals surface area contributed by atoms with Crippen LogP contribution in [0.15, 0.2) is 48.5 Å². The van der Waals surface area contributed by atoms with E-state index in [2.05, 4.69) is 41.4 Å². The van der Waals surface area contributed by atoms with E-state index < -0.39 is 0 Å². The van der Waals surface area contributed by atoms with Crippen molar-refractivity contribution in [3.8, 4) is 5.75 Å². The first kappa shape index (κ1) is 19.4. The van der Waals surface area contributed by atoms with Gasteiger partial charge in [-0.25, -0.2) is 0 Å². The number of carbonyl (C=O) groups is 1. The van der Waals surface area contributed by atoms with Crippen molar-refractivity contribution in [2.45, 2.75) is 39.3 Å². The van der Waals surface area contributed by atoms with Crippen LogP contribution in [0.1, 0.15) is 36.5 Å². The molecule has 1 N–H and O–H groups in total. The Morgan fingerprint density at radius 1 is 1.15 bits per heavy atom. The lowest BCUT2D eigenvalue weighted by molar-refractivity contribution is -0.120.